The number of H-pyrrole nitrogens is 2. The topological polar surface area (TPSA) is 74.4 Å². The molecule has 0 unspecified atom stereocenters. The minimum atomic E-state index is -2.71. The van der Waals surface area contributed by atoms with Crippen molar-refractivity contribution in [2.75, 3.05) is 0 Å². The van der Waals surface area contributed by atoms with Gasteiger partial charge in [-0.1, -0.05) is 0 Å². The predicted octanol–water partition coefficient (Wildman–Crippen LogP) is 4.46. The van der Waals surface area contributed by atoms with E-state index in [1.165, 1.54) is 12.1 Å². The molecule has 5 nitrogen and oxygen atoms in total. The molecule has 0 aliphatic rings. The molecule has 0 saturated carbocycles. The van der Waals surface area contributed by atoms with E-state index in [1.807, 2.05) is 6.07 Å². The molecule has 0 fully saturated rings. The Balaban J connectivity index is 1.57. The first kappa shape index (κ1) is 17.0. The Morgan fingerprint density at radius 1 is 1.11 bits per heavy atom. The van der Waals surface area contributed by atoms with Gasteiger partial charge in [0.15, 0.2) is 5.78 Å². The maximum absolute atomic E-state index is 13.1. The number of rotatable bonds is 5. The number of benzene rings is 1. The molecule has 2 N–H and O–H groups in total. The highest BCUT2D eigenvalue weighted by molar-refractivity contribution is 5.96. The third-order valence-electron chi connectivity index (χ3n) is 4.17. The monoisotopic (exact) mass is 370 g/mol. The number of hydrogen-bond donors (Lipinski definition) is 2. The van der Waals surface area contributed by atoms with Gasteiger partial charge in [-0.3, -0.25) is 9.89 Å². The summed E-state index contributed by atoms with van der Waals surface area (Å²) in [6.07, 6.45) is -1.17. The number of pyridine rings is 1. The first-order valence-corrected chi connectivity index (χ1v) is 8.10. The SMILES string of the molecule is O=C(Cc1cnc2[nH]c(-c3ccc(F)cc3)cc2c1)c1cc(C(F)F)[nH]n1. The zero-order valence-electron chi connectivity index (χ0n) is 13.8. The molecule has 0 saturated heterocycles. The highest BCUT2D eigenvalue weighted by Crippen LogP contribution is 2.24. The summed E-state index contributed by atoms with van der Waals surface area (Å²) in [5.74, 6) is -0.698. The van der Waals surface area contributed by atoms with Crippen molar-refractivity contribution < 1.29 is 18.0 Å². The molecular formula is C19H13F3N4O. The van der Waals surface area contributed by atoms with Crippen LogP contribution in [0.3, 0.4) is 0 Å². The number of alkyl halides is 2. The molecule has 0 atom stereocenters. The van der Waals surface area contributed by atoms with E-state index in [-0.39, 0.29) is 29.4 Å². The van der Waals surface area contributed by atoms with Gasteiger partial charge in [0.05, 0.1) is 0 Å². The van der Waals surface area contributed by atoms with Crippen LogP contribution in [0.25, 0.3) is 22.3 Å². The van der Waals surface area contributed by atoms with E-state index in [2.05, 4.69) is 20.2 Å². The lowest BCUT2D eigenvalue weighted by atomic mass is 10.1. The molecule has 0 bridgehead atoms. The van der Waals surface area contributed by atoms with Gasteiger partial charge in [0.2, 0.25) is 0 Å². The molecule has 0 amide bonds. The van der Waals surface area contributed by atoms with Crippen molar-refractivity contribution in [2.24, 2.45) is 0 Å². The molecule has 3 aromatic heterocycles. The van der Waals surface area contributed by atoms with Crippen molar-refractivity contribution in [3.05, 3.63) is 71.4 Å². The summed E-state index contributed by atoms with van der Waals surface area (Å²) in [5.41, 5.74) is 2.43. The van der Waals surface area contributed by atoms with E-state index in [0.29, 0.717) is 11.2 Å². The van der Waals surface area contributed by atoms with Gasteiger partial charge in [-0.05, 0) is 53.6 Å². The zero-order valence-corrected chi connectivity index (χ0v) is 13.8. The van der Waals surface area contributed by atoms with Crippen LogP contribution in [0.15, 0.2) is 48.7 Å². The zero-order chi connectivity index (χ0) is 19.0. The average Bonchev–Trinajstić information content (AvgIpc) is 3.29. The quantitative estimate of drug-likeness (QED) is 0.510. The van der Waals surface area contributed by atoms with Gasteiger partial charge in [-0.2, -0.15) is 5.10 Å². The van der Waals surface area contributed by atoms with Gasteiger partial charge < -0.3 is 4.98 Å². The Hall–Kier alpha value is -3.42. The highest BCUT2D eigenvalue weighted by atomic mass is 19.3. The van der Waals surface area contributed by atoms with E-state index in [9.17, 15) is 18.0 Å². The van der Waals surface area contributed by atoms with Crippen molar-refractivity contribution in [2.45, 2.75) is 12.8 Å². The number of ketones is 1. The Kier molecular flexibility index (Phi) is 4.23. The van der Waals surface area contributed by atoms with Crippen LogP contribution in [0.4, 0.5) is 13.2 Å². The Morgan fingerprint density at radius 2 is 1.89 bits per heavy atom. The van der Waals surface area contributed by atoms with Crippen molar-refractivity contribution in [1.29, 1.82) is 0 Å². The predicted molar refractivity (Wildman–Crippen MR) is 93.1 cm³/mol. The smallest absolute Gasteiger partial charge is 0.279 e. The lowest BCUT2D eigenvalue weighted by molar-refractivity contribution is 0.0988. The number of carbonyl (C=O) groups is 1. The number of Topliss-reactive ketones (excluding diaryl/α,β-unsaturated/α-hetero) is 1. The lowest BCUT2D eigenvalue weighted by Gasteiger charge is -1.98. The molecule has 136 valence electrons. The Bertz CT molecular complexity index is 1120. The second kappa shape index (κ2) is 6.71. The maximum Gasteiger partial charge on any atom is 0.279 e. The molecule has 27 heavy (non-hydrogen) atoms. The largest absolute Gasteiger partial charge is 0.339 e. The molecule has 4 rings (SSSR count). The molecule has 1 aromatic carbocycles. The molecule has 3 heterocycles. The second-order valence-corrected chi connectivity index (χ2v) is 6.08. The molecule has 0 spiro atoms. The maximum atomic E-state index is 13.1. The number of nitrogens with zero attached hydrogens (tertiary/aromatic N) is 2. The van der Waals surface area contributed by atoms with Crippen LogP contribution < -0.4 is 0 Å². The van der Waals surface area contributed by atoms with Crippen LogP contribution in [0.2, 0.25) is 0 Å². The van der Waals surface area contributed by atoms with Gasteiger partial charge in [-0.25, -0.2) is 18.2 Å². The number of aromatic nitrogens is 4. The number of halogens is 3. The van der Waals surface area contributed by atoms with E-state index in [4.69, 9.17) is 0 Å². The van der Waals surface area contributed by atoms with Crippen LogP contribution in [0.1, 0.15) is 28.2 Å². The molecule has 0 aliphatic heterocycles. The average molecular weight is 370 g/mol. The third-order valence-corrected chi connectivity index (χ3v) is 4.17. The standard InChI is InChI=1S/C19H13F3N4O/c20-13-3-1-11(2-4-13)14-7-12-5-10(9-23-19(12)24-14)6-17(27)15-8-16(18(21)22)26-25-15/h1-5,7-9,18H,6H2,(H,23,24)(H,25,26). The van der Waals surface area contributed by atoms with Crippen LogP contribution in [0.5, 0.6) is 0 Å². The number of fused-ring (bicyclic) bond motifs is 1. The molecule has 0 aliphatic carbocycles. The van der Waals surface area contributed by atoms with Crippen LogP contribution in [-0.2, 0) is 6.42 Å². The summed E-state index contributed by atoms with van der Waals surface area (Å²) >= 11 is 0. The summed E-state index contributed by atoms with van der Waals surface area (Å²) in [6, 6.07) is 10.8. The van der Waals surface area contributed by atoms with Crippen LogP contribution in [0, 0.1) is 5.82 Å². The van der Waals surface area contributed by atoms with Crippen LogP contribution >= 0.6 is 0 Å². The van der Waals surface area contributed by atoms with E-state index >= 15 is 0 Å². The summed E-state index contributed by atoms with van der Waals surface area (Å²) < 4.78 is 38.2. The van der Waals surface area contributed by atoms with Crippen LogP contribution in [-0.4, -0.2) is 25.9 Å². The van der Waals surface area contributed by atoms with Crippen molar-refractivity contribution in [3.8, 4) is 11.3 Å². The Morgan fingerprint density at radius 3 is 2.59 bits per heavy atom. The van der Waals surface area contributed by atoms with Gasteiger partial charge in [0, 0.05) is 23.7 Å². The fourth-order valence-corrected chi connectivity index (χ4v) is 2.81. The summed E-state index contributed by atoms with van der Waals surface area (Å²) in [5, 5.41) is 6.58. The molecule has 8 heteroatoms. The fourth-order valence-electron chi connectivity index (χ4n) is 2.81. The summed E-state index contributed by atoms with van der Waals surface area (Å²) in [6.45, 7) is 0. The fraction of sp³-hybridized carbons (Fsp3) is 0.105. The van der Waals surface area contributed by atoms with Gasteiger partial charge in [-0.15, -0.1) is 0 Å². The second-order valence-electron chi connectivity index (χ2n) is 6.08. The lowest BCUT2D eigenvalue weighted by Crippen LogP contribution is -2.04. The third kappa shape index (κ3) is 3.46. The van der Waals surface area contributed by atoms with Gasteiger partial charge >= 0.3 is 0 Å². The van der Waals surface area contributed by atoms with E-state index in [0.717, 1.165) is 22.7 Å². The molecule has 4 aromatic rings. The molecule has 0 radical (unpaired) electrons. The normalized spacial score (nSPS) is 11.4. The van der Waals surface area contributed by atoms with Crippen molar-refractivity contribution >= 4 is 16.8 Å². The first-order valence-electron chi connectivity index (χ1n) is 8.10. The number of aromatic amines is 2. The highest BCUT2D eigenvalue weighted by Gasteiger charge is 2.16. The molecular weight excluding hydrogens is 357 g/mol. The number of carbonyl (C=O) groups excluding carboxylic acids is 1. The van der Waals surface area contributed by atoms with E-state index in [1.54, 1.807) is 24.4 Å². The minimum absolute atomic E-state index is 0.00642. The summed E-state index contributed by atoms with van der Waals surface area (Å²) in [7, 11) is 0. The Labute approximate surface area is 151 Å². The van der Waals surface area contributed by atoms with Crippen molar-refractivity contribution in [1.82, 2.24) is 20.2 Å². The van der Waals surface area contributed by atoms with Gasteiger partial charge in [0.25, 0.3) is 6.43 Å². The van der Waals surface area contributed by atoms with Gasteiger partial charge in [0.1, 0.15) is 22.9 Å². The van der Waals surface area contributed by atoms with E-state index < -0.39 is 6.43 Å². The van der Waals surface area contributed by atoms with Crippen molar-refractivity contribution in [3.63, 3.8) is 0 Å². The number of hydrogen-bond acceptors (Lipinski definition) is 3. The number of nitrogens with one attached hydrogen (secondary N) is 2. The first-order chi connectivity index (χ1) is 13.0. The summed E-state index contributed by atoms with van der Waals surface area (Å²) in [4.78, 5) is 19.7. The minimum Gasteiger partial charge on any atom is -0.339 e.